The molecule has 0 aliphatic heterocycles. The molecule has 104 valence electrons. The lowest BCUT2D eigenvalue weighted by Crippen LogP contribution is -2.08. The molecule has 0 heterocycles. The summed E-state index contributed by atoms with van der Waals surface area (Å²) < 4.78 is 53.5. The maximum Gasteiger partial charge on any atom is 0.417 e. The van der Waals surface area contributed by atoms with Crippen LogP contribution in [0.15, 0.2) is 42.5 Å². The van der Waals surface area contributed by atoms with Gasteiger partial charge in [-0.25, -0.2) is 8.97 Å². The van der Waals surface area contributed by atoms with Crippen LogP contribution in [0.5, 0.6) is 0 Å². The van der Waals surface area contributed by atoms with Gasteiger partial charge in [0.25, 0.3) is 0 Å². The fourth-order valence-corrected chi connectivity index (χ4v) is 1.89. The van der Waals surface area contributed by atoms with Crippen molar-refractivity contribution < 1.29 is 22.1 Å². The number of nitrogens with zero attached hydrogens (tertiary/aromatic N) is 1. The highest BCUT2D eigenvalue weighted by molar-refractivity contribution is 5.70. The zero-order valence-corrected chi connectivity index (χ0v) is 10.7. The lowest BCUT2D eigenvalue weighted by molar-refractivity contribution is -0.394. The normalized spacial score (nSPS) is 11.4. The third-order valence-corrected chi connectivity index (χ3v) is 2.90. The Kier molecular flexibility index (Phi) is 3.61. The van der Waals surface area contributed by atoms with Crippen molar-refractivity contribution in [1.82, 2.24) is 0 Å². The molecule has 2 aromatic carbocycles. The Morgan fingerprint density at radius 3 is 2.10 bits per heavy atom. The number of alkyl halides is 3. The van der Waals surface area contributed by atoms with Gasteiger partial charge in [0.05, 0.1) is 5.56 Å². The van der Waals surface area contributed by atoms with E-state index in [2.05, 4.69) is 6.72 Å². The van der Waals surface area contributed by atoms with Crippen LogP contribution in [0.1, 0.15) is 5.56 Å². The van der Waals surface area contributed by atoms with Crippen LogP contribution < -0.4 is 0 Å². The second kappa shape index (κ2) is 5.07. The molecule has 2 aromatic rings. The summed E-state index contributed by atoms with van der Waals surface area (Å²) in [5.74, 6) is -0.493. The monoisotopic (exact) mass is 282 g/mol. The molecule has 0 amide bonds. The van der Waals surface area contributed by atoms with Gasteiger partial charge in [-0.1, -0.05) is 12.1 Å². The Labute approximate surface area is 113 Å². The zero-order valence-electron chi connectivity index (χ0n) is 10.7. The van der Waals surface area contributed by atoms with Gasteiger partial charge >= 0.3 is 6.18 Å². The predicted molar refractivity (Wildman–Crippen MR) is 69.8 cm³/mol. The number of halogens is 4. The molecule has 0 spiro atoms. The smallest absolute Gasteiger partial charge is 0.208 e. The van der Waals surface area contributed by atoms with Crippen molar-refractivity contribution >= 4 is 12.4 Å². The minimum absolute atomic E-state index is 0.00509. The van der Waals surface area contributed by atoms with Crippen molar-refractivity contribution in [3.8, 4) is 11.1 Å². The van der Waals surface area contributed by atoms with E-state index >= 15 is 0 Å². The second-order valence-corrected chi connectivity index (χ2v) is 4.43. The molecule has 1 nitrogen and oxygen atoms in total. The van der Waals surface area contributed by atoms with Crippen molar-refractivity contribution in [1.29, 1.82) is 0 Å². The van der Waals surface area contributed by atoms with Crippen molar-refractivity contribution in [2.45, 2.75) is 6.18 Å². The van der Waals surface area contributed by atoms with Crippen molar-refractivity contribution in [3.05, 3.63) is 53.8 Å². The summed E-state index contributed by atoms with van der Waals surface area (Å²) in [6.07, 6.45) is -4.47. The van der Waals surface area contributed by atoms with Gasteiger partial charge in [-0.05, 0) is 23.8 Å². The third-order valence-electron chi connectivity index (χ3n) is 2.90. The van der Waals surface area contributed by atoms with Gasteiger partial charge in [-0.15, -0.1) is 0 Å². The van der Waals surface area contributed by atoms with E-state index in [0.717, 1.165) is 18.2 Å². The second-order valence-electron chi connectivity index (χ2n) is 4.43. The highest BCUT2D eigenvalue weighted by atomic mass is 19.4. The van der Waals surface area contributed by atoms with Gasteiger partial charge in [0.1, 0.15) is 19.6 Å². The van der Waals surface area contributed by atoms with Crippen molar-refractivity contribution in [2.75, 3.05) is 7.05 Å². The molecule has 0 saturated carbocycles. The average molecular weight is 282 g/mol. The summed E-state index contributed by atoms with van der Waals surface area (Å²) in [7, 11) is 1.64. The summed E-state index contributed by atoms with van der Waals surface area (Å²) in [5.41, 5.74) is 0.0972. The molecule has 0 aliphatic carbocycles. The Hall–Kier alpha value is -2.17. The maximum absolute atomic E-state index is 13.0. The van der Waals surface area contributed by atoms with E-state index in [4.69, 9.17) is 0 Å². The minimum Gasteiger partial charge on any atom is -0.208 e. The topological polar surface area (TPSA) is 3.01 Å². The molecular weight excluding hydrogens is 270 g/mol. The summed E-state index contributed by atoms with van der Waals surface area (Å²) in [5, 5.41) is 0. The fourth-order valence-electron chi connectivity index (χ4n) is 1.89. The number of rotatable bonds is 2. The van der Waals surface area contributed by atoms with Crippen molar-refractivity contribution in [3.63, 3.8) is 0 Å². The maximum atomic E-state index is 13.0. The van der Waals surface area contributed by atoms with E-state index in [1.165, 1.54) is 28.8 Å². The molecule has 0 N–H and O–H groups in total. The van der Waals surface area contributed by atoms with E-state index in [1.807, 2.05) is 0 Å². The first-order chi connectivity index (χ1) is 9.29. The van der Waals surface area contributed by atoms with Crippen LogP contribution in [0.2, 0.25) is 0 Å². The largest absolute Gasteiger partial charge is 0.417 e. The first-order valence-electron chi connectivity index (χ1n) is 5.80. The van der Waals surface area contributed by atoms with E-state index in [1.54, 1.807) is 7.05 Å². The summed E-state index contributed by atoms with van der Waals surface area (Å²) in [4.78, 5) is 0. The quantitative estimate of drug-likeness (QED) is 0.434. The van der Waals surface area contributed by atoms with E-state index < -0.39 is 17.6 Å². The molecule has 0 aromatic heterocycles. The Morgan fingerprint density at radius 1 is 1.00 bits per heavy atom. The molecule has 0 unspecified atom stereocenters. The molecule has 0 saturated heterocycles. The van der Waals surface area contributed by atoms with Crippen LogP contribution in [0.3, 0.4) is 0 Å². The van der Waals surface area contributed by atoms with Gasteiger partial charge in [0.2, 0.25) is 5.69 Å². The van der Waals surface area contributed by atoms with Crippen LogP contribution in [-0.2, 0) is 6.18 Å². The zero-order chi connectivity index (χ0) is 14.9. The lowest BCUT2D eigenvalue weighted by atomic mass is 9.98. The van der Waals surface area contributed by atoms with E-state index in [-0.39, 0.29) is 5.56 Å². The van der Waals surface area contributed by atoms with Crippen LogP contribution >= 0.6 is 0 Å². The van der Waals surface area contributed by atoms with Gasteiger partial charge in [0, 0.05) is 17.7 Å². The Morgan fingerprint density at radius 2 is 1.60 bits per heavy atom. The van der Waals surface area contributed by atoms with E-state index in [0.29, 0.717) is 11.3 Å². The standard InChI is InChI=1S/C15H12F4N/c1-20(2)12-7-8-14(15(17,18)19)13(9-12)10-3-5-11(16)6-4-10/h3-9H,1H2,2H3/q+1. The SMILES string of the molecule is C=[N+](C)c1ccc(C(F)(F)F)c(-c2ccc(F)cc2)c1. The van der Waals surface area contributed by atoms with Gasteiger partial charge < -0.3 is 0 Å². The summed E-state index contributed by atoms with van der Waals surface area (Å²) in [6.45, 7) is 3.64. The lowest BCUT2D eigenvalue weighted by Gasteiger charge is -2.13. The number of hydrogen-bond donors (Lipinski definition) is 0. The number of hydrogen-bond acceptors (Lipinski definition) is 0. The third kappa shape index (κ3) is 2.87. The molecule has 0 fully saturated rings. The highest BCUT2D eigenvalue weighted by Gasteiger charge is 2.34. The molecule has 2 rings (SSSR count). The molecule has 0 bridgehead atoms. The van der Waals surface area contributed by atoms with Crippen LogP contribution in [0.4, 0.5) is 23.2 Å². The minimum atomic E-state index is -4.47. The van der Waals surface area contributed by atoms with Crippen LogP contribution in [0.25, 0.3) is 11.1 Å². The highest BCUT2D eigenvalue weighted by Crippen LogP contribution is 2.38. The molecule has 0 radical (unpaired) electrons. The predicted octanol–water partition coefficient (Wildman–Crippen LogP) is 4.49. The first-order valence-corrected chi connectivity index (χ1v) is 5.80. The van der Waals surface area contributed by atoms with Gasteiger partial charge in [-0.3, -0.25) is 0 Å². The van der Waals surface area contributed by atoms with Crippen LogP contribution in [0, 0.1) is 5.82 Å². The average Bonchev–Trinajstić information content (AvgIpc) is 2.37. The molecule has 0 aliphatic rings. The van der Waals surface area contributed by atoms with Crippen molar-refractivity contribution in [2.24, 2.45) is 0 Å². The molecular formula is C15H12F4N+. The molecule has 20 heavy (non-hydrogen) atoms. The molecule has 5 heteroatoms. The van der Waals surface area contributed by atoms with E-state index in [9.17, 15) is 17.6 Å². The summed E-state index contributed by atoms with van der Waals surface area (Å²) in [6, 6.07) is 8.67. The first kappa shape index (κ1) is 14.2. The molecule has 0 atom stereocenters. The van der Waals surface area contributed by atoms with Gasteiger partial charge in [-0.2, -0.15) is 13.2 Å². The Bertz CT molecular complexity index is 642. The number of benzene rings is 2. The van der Waals surface area contributed by atoms with Crippen LogP contribution in [-0.4, -0.2) is 18.3 Å². The Balaban J connectivity index is 2.66. The fraction of sp³-hybridized carbons (Fsp3) is 0.133. The van der Waals surface area contributed by atoms with Gasteiger partial charge in [0.15, 0.2) is 0 Å². The summed E-state index contributed by atoms with van der Waals surface area (Å²) >= 11 is 0.